The molecule has 0 saturated carbocycles. The van der Waals surface area contributed by atoms with Gasteiger partial charge in [0.2, 0.25) is 0 Å². The molecule has 1 heterocycles. The van der Waals surface area contributed by atoms with Crippen LogP contribution < -0.4 is 10.1 Å². The number of fused-ring (bicyclic) bond motifs is 1. The van der Waals surface area contributed by atoms with Crippen LogP contribution in [0.4, 0.5) is 0 Å². The molecular formula is C18H20ClNO. The first-order chi connectivity index (χ1) is 10.3. The van der Waals surface area contributed by atoms with Crippen LogP contribution in [0, 0.1) is 0 Å². The first-order valence-electron chi connectivity index (χ1n) is 7.54. The average molecular weight is 302 g/mol. The molecule has 0 amide bonds. The summed E-state index contributed by atoms with van der Waals surface area (Å²) in [6.07, 6.45) is 2.12. The Morgan fingerprint density at radius 1 is 1.19 bits per heavy atom. The average Bonchev–Trinajstić information content (AvgIpc) is 2.72. The summed E-state index contributed by atoms with van der Waals surface area (Å²) in [7, 11) is 0. The lowest BCUT2D eigenvalue weighted by Gasteiger charge is -2.19. The topological polar surface area (TPSA) is 21.3 Å². The van der Waals surface area contributed by atoms with Gasteiger partial charge in [0.1, 0.15) is 5.75 Å². The van der Waals surface area contributed by atoms with Gasteiger partial charge in [-0.25, -0.2) is 0 Å². The number of hydrogen-bond acceptors (Lipinski definition) is 2. The second kappa shape index (κ2) is 6.50. The predicted molar refractivity (Wildman–Crippen MR) is 88.0 cm³/mol. The Labute approximate surface area is 131 Å². The fourth-order valence-corrected chi connectivity index (χ4v) is 3.18. The monoisotopic (exact) mass is 301 g/mol. The summed E-state index contributed by atoms with van der Waals surface area (Å²) < 4.78 is 5.87. The highest BCUT2D eigenvalue weighted by Crippen LogP contribution is 2.40. The number of ether oxygens (including phenoxy) is 1. The van der Waals surface area contributed by atoms with E-state index in [-0.39, 0.29) is 0 Å². The van der Waals surface area contributed by atoms with Crippen molar-refractivity contribution in [2.24, 2.45) is 0 Å². The summed E-state index contributed by atoms with van der Waals surface area (Å²) in [5, 5.41) is 4.25. The van der Waals surface area contributed by atoms with Gasteiger partial charge >= 0.3 is 0 Å². The highest BCUT2D eigenvalue weighted by molar-refractivity contribution is 6.32. The van der Waals surface area contributed by atoms with Gasteiger partial charge in [-0.1, -0.05) is 48.9 Å². The van der Waals surface area contributed by atoms with Crippen LogP contribution in [0.1, 0.15) is 31.4 Å². The second-order valence-electron chi connectivity index (χ2n) is 5.34. The lowest BCUT2D eigenvalue weighted by molar-refractivity contribution is 0.315. The highest BCUT2D eigenvalue weighted by atomic mass is 35.5. The first kappa shape index (κ1) is 14.4. The Morgan fingerprint density at radius 2 is 2.00 bits per heavy atom. The van der Waals surface area contributed by atoms with Crippen molar-refractivity contribution in [3.05, 3.63) is 53.1 Å². The number of benzene rings is 2. The van der Waals surface area contributed by atoms with Crippen molar-refractivity contribution in [2.45, 2.75) is 25.8 Å². The molecule has 1 atom stereocenters. The van der Waals surface area contributed by atoms with Gasteiger partial charge in [0.25, 0.3) is 0 Å². The Kier molecular flexibility index (Phi) is 4.47. The second-order valence-corrected chi connectivity index (χ2v) is 5.75. The summed E-state index contributed by atoms with van der Waals surface area (Å²) in [6, 6.07) is 14.9. The van der Waals surface area contributed by atoms with E-state index in [4.69, 9.17) is 16.3 Å². The van der Waals surface area contributed by atoms with Gasteiger partial charge < -0.3 is 10.1 Å². The molecule has 2 aromatic rings. The maximum atomic E-state index is 6.48. The van der Waals surface area contributed by atoms with Crippen LogP contribution in [-0.2, 0) is 0 Å². The maximum Gasteiger partial charge on any atom is 0.142 e. The number of hydrogen-bond donors (Lipinski definition) is 1. The molecule has 1 unspecified atom stereocenters. The zero-order valence-electron chi connectivity index (χ0n) is 12.2. The van der Waals surface area contributed by atoms with E-state index in [1.807, 2.05) is 24.3 Å². The third-order valence-corrected chi connectivity index (χ3v) is 4.17. The van der Waals surface area contributed by atoms with Gasteiger partial charge in [-0.3, -0.25) is 0 Å². The molecule has 3 heteroatoms. The van der Waals surface area contributed by atoms with Gasteiger partial charge in [-0.15, -0.1) is 0 Å². The molecular weight excluding hydrogens is 282 g/mol. The van der Waals surface area contributed by atoms with Crippen LogP contribution in [0.2, 0.25) is 5.02 Å². The van der Waals surface area contributed by atoms with Crippen molar-refractivity contribution in [1.29, 1.82) is 0 Å². The Bertz CT molecular complexity index is 612. The van der Waals surface area contributed by atoms with Crippen molar-refractivity contribution >= 4 is 11.6 Å². The standard InChI is InChI=1S/C18H20ClNO/c1-2-20-17-9-6-10-21-18-15(17)11-14(12-16(18)19)13-7-4-3-5-8-13/h3-5,7-8,11-12,17,20H,2,6,9-10H2,1H3. The van der Waals surface area contributed by atoms with E-state index in [1.165, 1.54) is 11.1 Å². The summed E-state index contributed by atoms with van der Waals surface area (Å²) >= 11 is 6.48. The lowest BCUT2D eigenvalue weighted by atomic mass is 9.96. The summed E-state index contributed by atoms with van der Waals surface area (Å²) in [6.45, 7) is 3.81. The molecule has 0 radical (unpaired) electrons. The predicted octanol–water partition coefficient (Wildman–Crippen LogP) is 4.83. The summed E-state index contributed by atoms with van der Waals surface area (Å²) in [4.78, 5) is 0. The zero-order valence-corrected chi connectivity index (χ0v) is 13.0. The fourth-order valence-electron chi connectivity index (χ4n) is 2.90. The van der Waals surface area contributed by atoms with E-state index >= 15 is 0 Å². The SMILES string of the molecule is CCNC1CCCOc2c(Cl)cc(-c3ccccc3)cc21. The van der Waals surface area contributed by atoms with E-state index in [9.17, 15) is 0 Å². The van der Waals surface area contributed by atoms with Crippen LogP contribution >= 0.6 is 11.6 Å². The van der Waals surface area contributed by atoms with Gasteiger partial charge in [0.15, 0.2) is 0 Å². The third kappa shape index (κ3) is 3.07. The van der Waals surface area contributed by atoms with Crippen molar-refractivity contribution < 1.29 is 4.74 Å². The Hall–Kier alpha value is -1.51. The molecule has 0 saturated heterocycles. The number of halogens is 1. The minimum absolute atomic E-state index is 0.314. The largest absolute Gasteiger partial charge is 0.492 e. The molecule has 2 nitrogen and oxygen atoms in total. The molecule has 0 spiro atoms. The molecule has 1 aliphatic heterocycles. The Balaban J connectivity index is 2.08. The fraction of sp³-hybridized carbons (Fsp3) is 0.333. The van der Waals surface area contributed by atoms with Crippen molar-refractivity contribution in [3.8, 4) is 16.9 Å². The van der Waals surface area contributed by atoms with E-state index in [0.29, 0.717) is 11.1 Å². The molecule has 1 aliphatic rings. The number of nitrogens with one attached hydrogen (secondary N) is 1. The minimum Gasteiger partial charge on any atom is -0.492 e. The van der Waals surface area contributed by atoms with Crippen molar-refractivity contribution in [1.82, 2.24) is 5.32 Å². The van der Waals surface area contributed by atoms with E-state index in [1.54, 1.807) is 0 Å². The smallest absolute Gasteiger partial charge is 0.142 e. The summed E-state index contributed by atoms with van der Waals surface area (Å²) in [5.41, 5.74) is 3.51. The molecule has 0 fully saturated rings. The lowest BCUT2D eigenvalue weighted by Crippen LogP contribution is -2.20. The van der Waals surface area contributed by atoms with Crippen LogP contribution in [0.3, 0.4) is 0 Å². The molecule has 1 N–H and O–H groups in total. The Morgan fingerprint density at radius 3 is 2.76 bits per heavy atom. The summed E-state index contributed by atoms with van der Waals surface area (Å²) in [5.74, 6) is 0.847. The molecule has 3 rings (SSSR count). The van der Waals surface area contributed by atoms with Crippen molar-refractivity contribution in [2.75, 3.05) is 13.2 Å². The van der Waals surface area contributed by atoms with Crippen LogP contribution in [0.15, 0.2) is 42.5 Å². The maximum absolute atomic E-state index is 6.48. The van der Waals surface area contributed by atoms with Crippen LogP contribution in [0.25, 0.3) is 11.1 Å². The van der Waals surface area contributed by atoms with Crippen LogP contribution in [-0.4, -0.2) is 13.2 Å². The highest BCUT2D eigenvalue weighted by Gasteiger charge is 2.22. The molecule has 0 bridgehead atoms. The van der Waals surface area contributed by atoms with E-state index in [0.717, 1.165) is 37.3 Å². The zero-order chi connectivity index (χ0) is 14.7. The molecule has 2 aromatic carbocycles. The first-order valence-corrected chi connectivity index (χ1v) is 7.92. The third-order valence-electron chi connectivity index (χ3n) is 3.89. The van der Waals surface area contributed by atoms with Crippen LogP contribution in [0.5, 0.6) is 5.75 Å². The number of rotatable bonds is 3. The van der Waals surface area contributed by atoms with E-state index in [2.05, 4.69) is 30.4 Å². The normalized spacial score (nSPS) is 17.7. The van der Waals surface area contributed by atoms with Gasteiger partial charge in [-0.2, -0.15) is 0 Å². The minimum atomic E-state index is 0.314. The molecule has 110 valence electrons. The quantitative estimate of drug-likeness (QED) is 0.876. The molecule has 0 aliphatic carbocycles. The van der Waals surface area contributed by atoms with E-state index < -0.39 is 0 Å². The van der Waals surface area contributed by atoms with Gasteiger partial charge in [0.05, 0.1) is 11.6 Å². The van der Waals surface area contributed by atoms with Gasteiger partial charge in [-0.05, 0) is 42.6 Å². The molecule has 0 aromatic heterocycles. The molecule has 21 heavy (non-hydrogen) atoms. The van der Waals surface area contributed by atoms with Gasteiger partial charge in [0, 0.05) is 11.6 Å². The van der Waals surface area contributed by atoms with Crippen molar-refractivity contribution in [3.63, 3.8) is 0 Å².